The summed E-state index contributed by atoms with van der Waals surface area (Å²) < 4.78 is 41.4. The zero-order valence-electron chi connectivity index (χ0n) is 26.0. The zero-order valence-corrected chi connectivity index (χ0v) is 26.7. The number of benzene rings is 3. The van der Waals surface area contributed by atoms with Gasteiger partial charge in [-0.1, -0.05) is 67.5 Å². The van der Waals surface area contributed by atoms with Crippen LogP contribution < -0.4 is 15.5 Å². The largest absolute Gasteiger partial charge is 0.416 e. The summed E-state index contributed by atoms with van der Waals surface area (Å²) in [6.07, 6.45) is 5.94. The molecule has 1 unspecified atom stereocenters. The number of rotatable bonds is 7. The van der Waals surface area contributed by atoms with Crippen LogP contribution in [-0.2, 0) is 28.8 Å². The van der Waals surface area contributed by atoms with Gasteiger partial charge in [-0.3, -0.25) is 14.5 Å². The highest BCUT2D eigenvalue weighted by atomic mass is 35.5. The maximum atomic E-state index is 14.6. The van der Waals surface area contributed by atoms with E-state index >= 15 is 0 Å². The second-order valence-electron chi connectivity index (χ2n) is 12.7. The lowest BCUT2D eigenvalue weighted by molar-refractivity contribution is -0.138. The average molecular weight is 664 g/mol. The highest BCUT2D eigenvalue weighted by Gasteiger charge is 2.45. The number of carbonyl (C=O) groups is 2. The molecule has 3 atom stereocenters. The fourth-order valence-corrected chi connectivity index (χ4v) is 7.22. The maximum absolute atomic E-state index is 14.6. The Morgan fingerprint density at radius 2 is 1.72 bits per heavy atom. The Hall–Kier alpha value is -4.08. The number of nitrogens with one attached hydrogen (secondary N) is 2. The van der Waals surface area contributed by atoms with Crippen LogP contribution in [0.2, 0.25) is 0 Å². The predicted molar refractivity (Wildman–Crippen MR) is 178 cm³/mol. The van der Waals surface area contributed by atoms with Crippen molar-refractivity contribution in [1.82, 2.24) is 0 Å². The van der Waals surface area contributed by atoms with Gasteiger partial charge in [0.25, 0.3) is 5.91 Å². The normalized spacial score (nSPS) is 22.9. The summed E-state index contributed by atoms with van der Waals surface area (Å²) in [5, 5.41) is 15.8. The molecule has 3 aliphatic rings. The van der Waals surface area contributed by atoms with Crippen LogP contribution in [0.4, 0.5) is 30.2 Å². The summed E-state index contributed by atoms with van der Waals surface area (Å²) in [5.41, 5.74) is 2.07. The highest BCUT2D eigenvalue weighted by Crippen LogP contribution is 2.46. The van der Waals surface area contributed by atoms with Gasteiger partial charge < -0.3 is 15.7 Å². The first kappa shape index (κ1) is 32.8. The first-order valence-electron chi connectivity index (χ1n) is 15.9. The maximum Gasteiger partial charge on any atom is 0.416 e. The molecule has 0 aromatic heterocycles. The number of aliphatic hydroxyl groups is 1. The van der Waals surface area contributed by atoms with E-state index in [1.54, 1.807) is 24.0 Å². The van der Waals surface area contributed by atoms with Crippen LogP contribution in [0.3, 0.4) is 0 Å². The molecule has 1 fully saturated rings. The van der Waals surface area contributed by atoms with Crippen LogP contribution in [0.1, 0.15) is 67.3 Å². The summed E-state index contributed by atoms with van der Waals surface area (Å²) in [4.78, 5) is 29.5. The molecular formula is C37H37ClF3N3O3. The number of para-hydroxylation sites is 1. The van der Waals surface area contributed by atoms with Crippen molar-refractivity contribution in [2.45, 2.75) is 75.2 Å². The van der Waals surface area contributed by atoms with Gasteiger partial charge in [-0.25, -0.2) is 0 Å². The van der Waals surface area contributed by atoms with Gasteiger partial charge in [-0.05, 0) is 79.6 Å². The van der Waals surface area contributed by atoms with Gasteiger partial charge in [-0.15, -0.1) is 11.6 Å². The molecule has 2 amide bonds. The predicted octanol–water partition coefficient (Wildman–Crippen LogP) is 8.32. The van der Waals surface area contributed by atoms with Crippen LogP contribution in [0.5, 0.6) is 0 Å². The Kier molecular flexibility index (Phi) is 9.23. The summed E-state index contributed by atoms with van der Waals surface area (Å²) in [6.45, 7) is 0.992. The number of anilines is 3. The number of hydrogen-bond donors (Lipinski definition) is 3. The third-order valence-electron chi connectivity index (χ3n) is 9.43. The van der Waals surface area contributed by atoms with E-state index in [4.69, 9.17) is 11.6 Å². The Balaban J connectivity index is 1.42. The van der Waals surface area contributed by atoms with Gasteiger partial charge in [0, 0.05) is 28.7 Å². The molecule has 2 aliphatic carbocycles. The first-order valence-corrected chi connectivity index (χ1v) is 16.3. The topological polar surface area (TPSA) is 81.7 Å². The Morgan fingerprint density at radius 3 is 2.40 bits per heavy atom. The number of nitrogens with zero attached hydrogens (tertiary/aromatic N) is 1. The van der Waals surface area contributed by atoms with Crippen molar-refractivity contribution in [1.29, 1.82) is 0 Å². The molecule has 3 aromatic rings. The Bertz CT molecular complexity index is 1710. The van der Waals surface area contributed by atoms with E-state index in [1.165, 1.54) is 18.9 Å². The Morgan fingerprint density at radius 1 is 1.02 bits per heavy atom. The number of allylic oxidation sites excluding steroid dienone is 3. The van der Waals surface area contributed by atoms with Gasteiger partial charge >= 0.3 is 6.18 Å². The van der Waals surface area contributed by atoms with Crippen molar-refractivity contribution in [3.8, 4) is 0 Å². The molecule has 10 heteroatoms. The lowest BCUT2D eigenvalue weighted by Gasteiger charge is -2.43. The van der Waals surface area contributed by atoms with E-state index in [0.29, 0.717) is 29.3 Å². The molecule has 1 aliphatic heterocycles. The minimum Gasteiger partial charge on any atom is -0.392 e. The number of aliphatic hydroxyl groups excluding tert-OH is 1. The summed E-state index contributed by atoms with van der Waals surface area (Å²) in [5.74, 6) is -1.75. The van der Waals surface area contributed by atoms with Crippen LogP contribution in [-0.4, -0.2) is 27.8 Å². The van der Waals surface area contributed by atoms with Gasteiger partial charge in [0.05, 0.1) is 29.0 Å². The molecule has 1 saturated carbocycles. The number of halogens is 4. The van der Waals surface area contributed by atoms with Crippen molar-refractivity contribution in [3.05, 3.63) is 113 Å². The second kappa shape index (κ2) is 13.2. The fourth-order valence-electron chi connectivity index (χ4n) is 6.98. The monoisotopic (exact) mass is 663 g/mol. The van der Waals surface area contributed by atoms with Crippen molar-refractivity contribution >= 4 is 40.5 Å². The first-order chi connectivity index (χ1) is 22.5. The van der Waals surface area contributed by atoms with Crippen LogP contribution >= 0.6 is 11.6 Å². The van der Waals surface area contributed by atoms with Gasteiger partial charge in [0.15, 0.2) is 0 Å². The minimum atomic E-state index is -4.72. The van der Waals surface area contributed by atoms with Crippen LogP contribution in [0, 0.1) is 5.92 Å². The number of amides is 2. The molecular weight excluding hydrogens is 627 g/mol. The van der Waals surface area contributed by atoms with E-state index in [9.17, 15) is 27.9 Å². The highest BCUT2D eigenvalue weighted by molar-refractivity contribution is 6.30. The van der Waals surface area contributed by atoms with E-state index in [1.807, 2.05) is 54.6 Å². The third kappa shape index (κ3) is 6.83. The second-order valence-corrected chi connectivity index (χ2v) is 13.6. The van der Waals surface area contributed by atoms with Crippen LogP contribution in [0.25, 0.3) is 0 Å². The van der Waals surface area contributed by atoms with E-state index in [0.717, 1.165) is 36.2 Å². The quantitative estimate of drug-likeness (QED) is 0.222. The molecule has 0 saturated heterocycles. The molecule has 0 radical (unpaired) electrons. The molecule has 6 rings (SSSR count). The number of alkyl halides is 4. The third-order valence-corrected chi connectivity index (χ3v) is 9.79. The lowest BCUT2D eigenvalue weighted by Crippen LogP contribution is -2.49. The Labute approximate surface area is 277 Å². The minimum absolute atomic E-state index is 0.0559. The van der Waals surface area contributed by atoms with Crippen molar-refractivity contribution in [3.63, 3.8) is 0 Å². The molecule has 3 N–H and O–H groups in total. The van der Waals surface area contributed by atoms with Gasteiger partial charge in [-0.2, -0.15) is 13.2 Å². The van der Waals surface area contributed by atoms with Gasteiger partial charge in [0.1, 0.15) is 0 Å². The van der Waals surface area contributed by atoms with Gasteiger partial charge in [0.2, 0.25) is 5.91 Å². The van der Waals surface area contributed by atoms with Crippen molar-refractivity contribution < 1.29 is 27.9 Å². The van der Waals surface area contributed by atoms with Crippen LogP contribution in [0.15, 0.2) is 90.5 Å². The molecule has 3 aromatic carbocycles. The standard InChI is InChI=1S/C37H37ClF3N3O3/c1-36(38)19-7-6-11-30(36)35(47)44-32-12-5-2-8-24(32)20-29(33(44)23-13-16-27(17-14-23)42-26-9-3-4-10-26)34(46)43-28-18-15-25(22-45)31(21-28)37(39,40)41/h2,5-8,11-18,21,26,29,33,42,45H,3-4,9-10,19-20,22H2,1H3,(H,43,46)/t29-,33-,36?/m1/s1. The van der Waals surface area contributed by atoms with E-state index in [2.05, 4.69) is 10.6 Å². The number of carbonyl (C=O) groups excluding carboxylic acids is 2. The molecule has 246 valence electrons. The average Bonchev–Trinajstić information content (AvgIpc) is 3.56. The summed E-state index contributed by atoms with van der Waals surface area (Å²) in [6, 6.07) is 18.0. The summed E-state index contributed by atoms with van der Waals surface area (Å²) >= 11 is 6.89. The molecule has 0 bridgehead atoms. The molecule has 0 spiro atoms. The van der Waals surface area contributed by atoms with Crippen molar-refractivity contribution in [2.75, 3.05) is 15.5 Å². The van der Waals surface area contributed by atoms with E-state index in [-0.39, 0.29) is 23.6 Å². The fraction of sp³-hybridized carbons (Fsp3) is 0.351. The smallest absolute Gasteiger partial charge is 0.392 e. The number of fused-ring (bicyclic) bond motifs is 1. The lowest BCUT2D eigenvalue weighted by atomic mass is 9.80. The van der Waals surface area contributed by atoms with Crippen molar-refractivity contribution in [2.24, 2.45) is 5.92 Å². The van der Waals surface area contributed by atoms with E-state index < -0.39 is 41.1 Å². The number of hydrogen-bond acceptors (Lipinski definition) is 4. The SMILES string of the molecule is CC1(Cl)CC=CC=C1C(=O)N1c2ccccc2C[C@@H](C(=O)Nc2ccc(CO)c(C(F)(F)F)c2)[C@H]1c1ccc(NC2CCCC2)cc1. The zero-order chi connectivity index (χ0) is 33.3. The molecule has 47 heavy (non-hydrogen) atoms. The molecule has 1 heterocycles. The summed E-state index contributed by atoms with van der Waals surface area (Å²) in [7, 11) is 0. The molecule has 6 nitrogen and oxygen atoms in total.